The van der Waals surface area contributed by atoms with Gasteiger partial charge in [-0.25, -0.2) is 0 Å². The van der Waals surface area contributed by atoms with Gasteiger partial charge in [-0.05, 0) is 12.8 Å². The third-order valence-corrected chi connectivity index (χ3v) is 1.32. The molecule has 0 saturated heterocycles. The summed E-state index contributed by atoms with van der Waals surface area (Å²) in [5.41, 5.74) is 5.24. The van der Waals surface area contributed by atoms with Crippen molar-refractivity contribution in [3.8, 4) is 0 Å². The molecule has 0 heterocycles. The second-order valence-electron chi connectivity index (χ2n) is 1.91. The van der Waals surface area contributed by atoms with E-state index in [0.29, 0.717) is 12.3 Å². The number of alkyl halides is 1. The Balaban J connectivity index is 3.16. The van der Waals surface area contributed by atoms with Gasteiger partial charge in [0.25, 0.3) is 0 Å². The van der Waals surface area contributed by atoms with Gasteiger partial charge in [0.05, 0.1) is 0 Å². The predicted molar refractivity (Wildman–Crippen MR) is 38.1 cm³/mol. The van der Waals surface area contributed by atoms with Gasteiger partial charge < -0.3 is 15.8 Å². The van der Waals surface area contributed by atoms with Crippen molar-refractivity contribution < 1.29 is 10.0 Å². The summed E-state index contributed by atoms with van der Waals surface area (Å²) >= 11 is 5.33. The van der Waals surface area contributed by atoms with Gasteiger partial charge in [-0.1, -0.05) is 0 Å². The Labute approximate surface area is 60.0 Å². The summed E-state index contributed by atoms with van der Waals surface area (Å²) in [5, 5.41) is 16.9. The maximum Gasteiger partial charge on any atom is 0.469 e. The van der Waals surface area contributed by atoms with Crippen LogP contribution in [0.2, 0.25) is 0 Å². The maximum atomic E-state index is 8.43. The van der Waals surface area contributed by atoms with E-state index in [2.05, 4.69) is 0 Å². The van der Waals surface area contributed by atoms with E-state index in [-0.39, 0.29) is 0 Å². The quantitative estimate of drug-likeness (QED) is 0.369. The van der Waals surface area contributed by atoms with Crippen molar-refractivity contribution >= 4 is 18.7 Å². The molecule has 0 radical (unpaired) electrons. The van der Waals surface area contributed by atoms with Crippen LogP contribution in [0, 0.1) is 0 Å². The highest BCUT2D eigenvalue weighted by Crippen LogP contribution is 1.96. The minimum Gasteiger partial charge on any atom is -0.426 e. The lowest BCUT2D eigenvalue weighted by Crippen LogP contribution is -2.38. The average Bonchev–Trinajstić information content (AvgIpc) is 1.82. The zero-order valence-electron chi connectivity index (χ0n) is 5.13. The summed E-state index contributed by atoms with van der Waals surface area (Å²) < 4.78 is 0. The topological polar surface area (TPSA) is 66.5 Å². The summed E-state index contributed by atoms with van der Waals surface area (Å²) in [7, 11) is -1.41. The minimum atomic E-state index is -1.41. The van der Waals surface area contributed by atoms with E-state index in [1.165, 1.54) is 0 Å². The first kappa shape index (κ1) is 9.23. The minimum absolute atomic E-state index is 0.514. The molecule has 0 aromatic heterocycles. The Morgan fingerprint density at radius 3 is 2.44 bits per heavy atom. The molecule has 0 aliphatic carbocycles. The van der Waals surface area contributed by atoms with Crippen molar-refractivity contribution in [1.29, 1.82) is 0 Å². The van der Waals surface area contributed by atoms with Crippen LogP contribution in [0.1, 0.15) is 12.8 Å². The maximum absolute atomic E-state index is 8.43. The highest BCUT2D eigenvalue weighted by molar-refractivity contribution is 6.43. The fraction of sp³-hybridized carbons (Fsp3) is 1.00. The Morgan fingerprint density at radius 1 is 1.56 bits per heavy atom. The zero-order valence-corrected chi connectivity index (χ0v) is 5.88. The lowest BCUT2D eigenvalue weighted by molar-refractivity contribution is 0.382. The van der Waals surface area contributed by atoms with Crippen LogP contribution in [0.4, 0.5) is 0 Å². The molecule has 0 amide bonds. The number of hydrogen-bond donors (Lipinski definition) is 3. The summed E-state index contributed by atoms with van der Waals surface area (Å²) in [6.45, 7) is 0. The van der Waals surface area contributed by atoms with E-state index >= 15 is 0 Å². The van der Waals surface area contributed by atoms with Crippen LogP contribution in [0.25, 0.3) is 0 Å². The molecule has 4 N–H and O–H groups in total. The zero-order chi connectivity index (χ0) is 7.28. The van der Waals surface area contributed by atoms with Gasteiger partial charge in [-0.15, -0.1) is 11.6 Å². The summed E-state index contributed by atoms with van der Waals surface area (Å²) in [5.74, 6) is -0.0378. The van der Waals surface area contributed by atoms with E-state index < -0.39 is 13.1 Å². The van der Waals surface area contributed by atoms with Crippen molar-refractivity contribution in [2.75, 3.05) is 5.88 Å². The number of rotatable bonds is 4. The first-order chi connectivity index (χ1) is 4.18. The lowest BCUT2D eigenvalue weighted by Gasteiger charge is -2.06. The molecule has 0 rings (SSSR count). The van der Waals surface area contributed by atoms with E-state index in [1.807, 2.05) is 0 Å². The van der Waals surface area contributed by atoms with Crippen LogP contribution < -0.4 is 5.73 Å². The number of hydrogen-bond acceptors (Lipinski definition) is 3. The van der Waals surface area contributed by atoms with Crippen LogP contribution in [-0.4, -0.2) is 29.0 Å². The standard InChI is InChI=1S/C4H11BClNO2/c6-3-1-2-4(7)5(8)9/h4,8-9H,1-3,7H2. The molecule has 3 nitrogen and oxygen atoms in total. The molecule has 5 heteroatoms. The second kappa shape index (κ2) is 5.05. The van der Waals surface area contributed by atoms with Gasteiger partial charge in [0.1, 0.15) is 0 Å². The molecule has 1 atom stereocenters. The Kier molecular flexibility index (Phi) is 5.19. The van der Waals surface area contributed by atoms with Gasteiger partial charge in [0.15, 0.2) is 0 Å². The van der Waals surface area contributed by atoms with E-state index in [0.717, 1.165) is 6.42 Å². The van der Waals surface area contributed by atoms with Gasteiger partial charge >= 0.3 is 7.12 Å². The number of nitrogens with two attached hydrogens (primary N) is 1. The van der Waals surface area contributed by atoms with Gasteiger partial charge in [-0.2, -0.15) is 0 Å². The van der Waals surface area contributed by atoms with Gasteiger partial charge in [-0.3, -0.25) is 0 Å². The molecule has 0 bridgehead atoms. The van der Waals surface area contributed by atoms with Gasteiger partial charge in [0.2, 0.25) is 0 Å². The monoisotopic (exact) mass is 151 g/mol. The summed E-state index contributed by atoms with van der Waals surface area (Å²) in [6.07, 6.45) is 1.28. The Bertz CT molecular complexity index is 73.6. The highest BCUT2D eigenvalue weighted by Gasteiger charge is 2.16. The molecule has 54 valence electrons. The van der Waals surface area contributed by atoms with Crippen molar-refractivity contribution in [3.63, 3.8) is 0 Å². The fourth-order valence-electron chi connectivity index (χ4n) is 0.462. The predicted octanol–water partition coefficient (Wildman–Crippen LogP) is -0.655. The molecule has 0 saturated carbocycles. The Morgan fingerprint density at radius 2 is 2.11 bits per heavy atom. The van der Waals surface area contributed by atoms with Crippen molar-refractivity contribution in [2.24, 2.45) is 5.73 Å². The van der Waals surface area contributed by atoms with E-state index in [9.17, 15) is 0 Å². The number of halogens is 1. The molecule has 0 aromatic rings. The van der Waals surface area contributed by atoms with E-state index in [1.54, 1.807) is 0 Å². The summed E-state index contributed by atoms with van der Waals surface area (Å²) in [4.78, 5) is 0. The molecule has 0 aliphatic heterocycles. The van der Waals surface area contributed by atoms with E-state index in [4.69, 9.17) is 27.4 Å². The van der Waals surface area contributed by atoms with Crippen LogP contribution in [0.3, 0.4) is 0 Å². The first-order valence-corrected chi connectivity index (χ1v) is 3.39. The molecular formula is C4H11BClNO2. The van der Waals surface area contributed by atoms with Crippen molar-refractivity contribution in [2.45, 2.75) is 18.8 Å². The molecule has 0 spiro atoms. The summed E-state index contributed by atoms with van der Waals surface area (Å²) in [6, 6.07) is 0. The molecule has 0 aromatic carbocycles. The largest absolute Gasteiger partial charge is 0.469 e. The molecule has 0 fully saturated rings. The second-order valence-corrected chi connectivity index (χ2v) is 2.29. The smallest absolute Gasteiger partial charge is 0.426 e. The highest BCUT2D eigenvalue weighted by atomic mass is 35.5. The molecule has 1 unspecified atom stereocenters. The fourth-order valence-corrected chi connectivity index (χ4v) is 0.616. The van der Waals surface area contributed by atoms with Crippen LogP contribution in [-0.2, 0) is 0 Å². The third kappa shape index (κ3) is 4.72. The average molecular weight is 151 g/mol. The van der Waals surface area contributed by atoms with Crippen LogP contribution in [0.5, 0.6) is 0 Å². The normalized spacial score (nSPS) is 13.3. The van der Waals surface area contributed by atoms with Gasteiger partial charge in [0, 0.05) is 11.8 Å². The third-order valence-electron chi connectivity index (χ3n) is 1.05. The van der Waals surface area contributed by atoms with Crippen molar-refractivity contribution in [3.05, 3.63) is 0 Å². The molecule has 9 heavy (non-hydrogen) atoms. The Hall–Kier alpha value is 0.235. The van der Waals surface area contributed by atoms with Crippen LogP contribution in [0.15, 0.2) is 0 Å². The lowest BCUT2D eigenvalue weighted by atomic mass is 9.78. The first-order valence-electron chi connectivity index (χ1n) is 2.86. The SMILES string of the molecule is NC(CCCCl)B(O)O. The van der Waals surface area contributed by atoms with Crippen LogP contribution >= 0.6 is 11.6 Å². The molecule has 0 aliphatic rings. The molecular weight excluding hydrogens is 140 g/mol. The van der Waals surface area contributed by atoms with Crippen molar-refractivity contribution in [1.82, 2.24) is 0 Å².